The largest absolute Gasteiger partial charge is 0.332 e. The second kappa shape index (κ2) is 8.22. The van der Waals surface area contributed by atoms with E-state index < -0.39 is 10.0 Å². The van der Waals surface area contributed by atoms with Gasteiger partial charge in [0.25, 0.3) is 5.91 Å². The smallest absolute Gasteiger partial charge is 0.254 e. The van der Waals surface area contributed by atoms with Crippen LogP contribution < -0.4 is 0 Å². The molecule has 31 heavy (non-hydrogen) atoms. The maximum absolute atomic E-state index is 13.3. The van der Waals surface area contributed by atoms with Crippen molar-refractivity contribution in [2.75, 3.05) is 13.1 Å². The summed E-state index contributed by atoms with van der Waals surface area (Å²) in [6.07, 6.45) is 2.60. The van der Waals surface area contributed by atoms with Crippen LogP contribution in [-0.4, -0.2) is 36.6 Å². The van der Waals surface area contributed by atoms with E-state index in [1.807, 2.05) is 46.7 Å². The summed E-state index contributed by atoms with van der Waals surface area (Å²) in [7, 11) is -3.66. The van der Waals surface area contributed by atoms with Crippen LogP contribution in [0.4, 0.5) is 0 Å². The van der Waals surface area contributed by atoms with Crippen LogP contribution in [0.1, 0.15) is 45.2 Å². The molecular formula is C24H24N2O3S2. The van der Waals surface area contributed by atoms with Gasteiger partial charge in [0.05, 0.1) is 10.9 Å². The van der Waals surface area contributed by atoms with E-state index in [9.17, 15) is 13.2 Å². The molecule has 3 heterocycles. The topological polar surface area (TPSA) is 57.7 Å². The number of carbonyl (C=O) groups is 1. The number of amides is 1. The van der Waals surface area contributed by atoms with E-state index in [0.29, 0.717) is 25.2 Å². The molecule has 3 aromatic rings. The Kier molecular flexibility index (Phi) is 5.42. The molecule has 0 bridgehead atoms. The number of nitrogens with zero attached hydrogens (tertiary/aromatic N) is 2. The van der Waals surface area contributed by atoms with Gasteiger partial charge in [-0.3, -0.25) is 4.79 Å². The lowest BCUT2D eigenvalue weighted by Gasteiger charge is -2.27. The number of benzene rings is 2. The van der Waals surface area contributed by atoms with Crippen LogP contribution in [0.25, 0.3) is 0 Å². The zero-order valence-corrected chi connectivity index (χ0v) is 18.7. The molecule has 5 rings (SSSR count). The van der Waals surface area contributed by atoms with Crippen LogP contribution >= 0.6 is 11.3 Å². The van der Waals surface area contributed by atoms with Crippen molar-refractivity contribution < 1.29 is 13.2 Å². The average molecular weight is 453 g/mol. The molecule has 160 valence electrons. The molecule has 5 nitrogen and oxygen atoms in total. The number of hydrogen-bond donors (Lipinski definition) is 0. The molecule has 2 aromatic carbocycles. The van der Waals surface area contributed by atoms with Crippen LogP contribution in [0.15, 0.2) is 70.9 Å². The lowest BCUT2D eigenvalue weighted by atomic mass is 10.0. The fourth-order valence-electron chi connectivity index (χ4n) is 4.56. The molecule has 7 heteroatoms. The zero-order valence-electron chi connectivity index (χ0n) is 17.1. The van der Waals surface area contributed by atoms with Crippen molar-refractivity contribution in [2.24, 2.45) is 0 Å². The Balaban J connectivity index is 1.40. The molecule has 2 aliphatic rings. The number of sulfonamides is 1. The first-order valence-corrected chi connectivity index (χ1v) is 12.9. The molecule has 1 fully saturated rings. The Morgan fingerprint density at radius 3 is 2.68 bits per heavy atom. The van der Waals surface area contributed by atoms with E-state index in [1.54, 1.807) is 35.6 Å². The Hall–Kier alpha value is -2.48. The number of hydrogen-bond acceptors (Lipinski definition) is 4. The summed E-state index contributed by atoms with van der Waals surface area (Å²) in [5.74, 6) is -0.109. The van der Waals surface area contributed by atoms with Crippen molar-refractivity contribution in [3.63, 3.8) is 0 Å². The van der Waals surface area contributed by atoms with E-state index in [2.05, 4.69) is 0 Å². The van der Waals surface area contributed by atoms with Gasteiger partial charge in [-0.25, -0.2) is 8.42 Å². The minimum Gasteiger partial charge on any atom is -0.332 e. The third-order valence-electron chi connectivity index (χ3n) is 6.19. The summed E-state index contributed by atoms with van der Waals surface area (Å²) in [6, 6.07) is 18.6. The first-order valence-electron chi connectivity index (χ1n) is 10.6. The number of thiophene rings is 1. The molecule has 0 N–H and O–H groups in total. The fraction of sp³-hybridized carbons (Fsp3) is 0.292. The maximum Gasteiger partial charge on any atom is 0.254 e. The lowest BCUT2D eigenvalue weighted by Crippen LogP contribution is -2.35. The third-order valence-corrected chi connectivity index (χ3v) is 9.05. The molecule has 1 saturated heterocycles. The quantitative estimate of drug-likeness (QED) is 0.587. The predicted octanol–water partition coefficient (Wildman–Crippen LogP) is 4.47. The first-order chi connectivity index (χ1) is 15.0. The Labute approximate surface area is 187 Å². The predicted molar refractivity (Wildman–Crippen MR) is 122 cm³/mol. The van der Waals surface area contributed by atoms with E-state index >= 15 is 0 Å². The van der Waals surface area contributed by atoms with Gasteiger partial charge in [0.2, 0.25) is 10.0 Å². The van der Waals surface area contributed by atoms with Gasteiger partial charge >= 0.3 is 0 Å². The van der Waals surface area contributed by atoms with E-state index in [-0.39, 0.29) is 16.8 Å². The molecule has 1 aromatic heterocycles. The van der Waals surface area contributed by atoms with Gasteiger partial charge in [-0.2, -0.15) is 4.31 Å². The molecular weight excluding hydrogens is 428 g/mol. The van der Waals surface area contributed by atoms with Crippen LogP contribution in [0.5, 0.6) is 0 Å². The van der Waals surface area contributed by atoms with Crippen molar-refractivity contribution in [3.05, 3.63) is 87.6 Å². The summed E-state index contributed by atoms with van der Waals surface area (Å²) >= 11 is 1.68. The summed E-state index contributed by atoms with van der Waals surface area (Å²) in [5, 5.41) is 2.01. The fourth-order valence-corrected chi connectivity index (χ4v) is 6.92. The van der Waals surface area contributed by atoms with Crippen molar-refractivity contribution >= 4 is 27.3 Å². The number of rotatable bonds is 4. The van der Waals surface area contributed by atoms with Gasteiger partial charge in [0.15, 0.2) is 0 Å². The summed E-state index contributed by atoms with van der Waals surface area (Å²) in [6.45, 7) is 1.54. The van der Waals surface area contributed by atoms with Crippen LogP contribution in [-0.2, 0) is 23.0 Å². The Morgan fingerprint density at radius 2 is 1.84 bits per heavy atom. The van der Waals surface area contributed by atoms with Crippen molar-refractivity contribution in [2.45, 2.75) is 36.7 Å². The molecule has 0 saturated carbocycles. The molecule has 1 unspecified atom stereocenters. The van der Waals surface area contributed by atoms with E-state index in [1.165, 1.54) is 9.18 Å². The highest BCUT2D eigenvalue weighted by Crippen LogP contribution is 2.34. The maximum atomic E-state index is 13.3. The van der Waals surface area contributed by atoms with Crippen LogP contribution in [0, 0.1) is 0 Å². The van der Waals surface area contributed by atoms with Gasteiger partial charge in [-0.1, -0.05) is 36.4 Å². The van der Waals surface area contributed by atoms with Crippen molar-refractivity contribution in [3.8, 4) is 0 Å². The van der Waals surface area contributed by atoms with Gasteiger partial charge < -0.3 is 4.90 Å². The number of fused-ring (bicyclic) bond motifs is 1. The van der Waals surface area contributed by atoms with E-state index in [0.717, 1.165) is 30.4 Å². The Bertz CT molecular complexity index is 1200. The molecule has 2 aliphatic heterocycles. The molecule has 0 aliphatic carbocycles. The van der Waals surface area contributed by atoms with Crippen molar-refractivity contribution in [1.29, 1.82) is 0 Å². The highest BCUT2D eigenvalue weighted by molar-refractivity contribution is 7.89. The number of likely N-dealkylation sites (tertiary alicyclic amines) is 1. The van der Waals surface area contributed by atoms with Crippen LogP contribution in [0.3, 0.4) is 0 Å². The van der Waals surface area contributed by atoms with Gasteiger partial charge in [-0.05, 0) is 60.0 Å². The minimum absolute atomic E-state index is 0.0352. The van der Waals surface area contributed by atoms with Crippen LogP contribution in [0.2, 0.25) is 0 Å². The molecule has 0 spiro atoms. The average Bonchev–Trinajstić information content (AvgIpc) is 3.48. The third kappa shape index (κ3) is 3.82. The SMILES string of the molecule is O=C(c1cccc(S(=O)(=O)N2CCc3sccc3C2)c1)N1CCCC1c1ccccc1. The second-order valence-corrected chi connectivity index (χ2v) is 11.0. The number of carbonyl (C=O) groups excluding carboxylic acids is 1. The zero-order chi connectivity index (χ0) is 21.4. The Morgan fingerprint density at radius 1 is 1.00 bits per heavy atom. The van der Waals surface area contributed by atoms with Gasteiger partial charge in [0.1, 0.15) is 0 Å². The summed E-state index contributed by atoms with van der Waals surface area (Å²) < 4.78 is 28.1. The molecule has 0 radical (unpaired) electrons. The van der Waals surface area contributed by atoms with Gasteiger partial charge in [0, 0.05) is 30.1 Å². The van der Waals surface area contributed by atoms with E-state index in [4.69, 9.17) is 0 Å². The highest BCUT2D eigenvalue weighted by Gasteiger charge is 2.32. The summed E-state index contributed by atoms with van der Waals surface area (Å²) in [4.78, 5) is 16.7. The molecule has 1 amide bonds. The second-order valence-electron chi connectivity index (χ2n) is 8.05. The monoisotopic (exact) mass is 452 g/mol. The molecule has 1 atom stereocenters. The normalized spacial score (nSPS) is 19.4. The van der Waals surface area contributed by atoms with Crippen molar-refractivity contribution in [1.82, 2.24) is 9.21 Å². The highest BCUT2D eigenvalue weighted by atomic mass is 32.2. The first kappa shape index (κ1) is 20.4. The minimum atomic E-state index is -3.66. The standard InChI is InChI=1S/C24H24N2O3S2/c27-24(26-13-5-10-22(26)18-6-2-1-3-7-18)19-8-4-9-21(16-19)31(28,29)25-14-11-23-20(17-25)12-15-30-23/h1-4,6-9,12,15-16,22H,5,10-11,13-14,17H2. The lowest BCUT2D eigenvalue weighted by molar-refractivity contribution is 0.0735. The summed E-state index contributed by atoms with van der Waals surface area (Å²) in [5.41, 5.74) is 2.63. The van der Waals surface area contributed by atoms with Gasteiger partial charge in [-0.15, -0.1) is 11.3 Å².